The Kier molecular flexibility index (Phi) is 10.3. The van der Waals surface area contributed by atoms with Crippen molar-refractivity contribution in [1.29, 1.82) is 0 Å². The topological polar surface area (TPSA) is 56.2 Å². The Morgan fingerprint density at radius 3 is 1.95 bits per heavy atom. The highest BCUT2D eigenvalue weighted by molar-refractivity contribution is 5.93. The van der Waals surface area contributed by atoms with E-state index in [9.17, 15) is 4.79 Å². The Bertz CT molecular complexity index is 1220. The van der Waals surface area contributed by atoms with Crippen LogP contribution < -0.4 is 5.32 Å². The van der Waals surface area contributed by atoms with Crippen LogP contribution >= 0.6 is 0 Å². The van der Waals surface area contributed by atoms with Crippen molar-refractivity contribution in [1.82, 2.24) is 14.9 Å². The molecule has 0 spiro atoms. The number of benzene rings is 3. The molecule has 3 aromatic carbocycles. The molecule has 1 N–H and O–H groups in total. The Balaban J connectivity index is 1.58. The third-order valence-corrected chi connectivity index (χ3v) is 6.92. The molecule has 0 saturated heterocycles. The molecule has 39 heavy (non-hydrogen) atoms. The normalized spacial score (nSPS) is 11.9. The number of aryl methyl sites for hydroxylation is 1. The smallest absolute Gasteiger partial charge is 0.334 e. The Morgan fingerprint density at radius 1 is 0.872 bits per heavy atom. The Labute approximate surface area is 232 Å². The summed E-state index contributed by atoms with van der Waals surface area (Å²) in [6.07, 6.45) is 9.28. The first kappa shape index (κ1) is 28.1. The number of nitrogens with zero attached hydrogens (tertiary/aromatic N) is 2. The zero-order valence-electron chi connectivity index (χ0n) is 23.1. The highest BCUT2D eigenvalue weighted by atomic mass is 16.5. The summed E-state index contributed by atoms with van der Waals surface area (Å²) in [7, 11) is 0. The molecule has 0 aliphatic heterocycles. The number of ether oxygens (including phenoxy) is 1. The molecule has 1 aromatic heterocycles. The maximum absolute atomic E-state index is 12.8. The number of esters is 1. The molecule has 4 rings (SSSR count). The van der Waals surface area contributed by atoms with Crippen molar-refractivity contribution in [2.75, 3.05) is 13.2 Å². The second-order valence-electron chi connectivity index (χ2n) is 9.66. The number of nitrogens with one attached hydrogen (secondary N) is 1. The van der Waals surface area contributed by atoms with Crippen molar-refractivity contribution in [3.63, 3.8) is 0 Å². The van der Waals surface area contributed by atoms with Gasteiger partial charge in [0.25, 0.3) is 0 Å². The monoisotopic (exact) mass is 521 g/mol. The minimum absolute atomic E-state index is 0.277. The number of hydrogen-bond donors (Lipinski definition) is 1. The van der Waals surface area contributed by atoms with Crippen LogP contribution in [0.1, 0.15) is 61.9 Å². The number of hydrogen-bond acceptors (Lipinski definition) is 4. The fourth-order valence-electron chi connectivity index (χ4n) is 4.98. The largest absolute Gasteiger partial charge is 0.463 e. The van der Waals surface area contributed by atoms with E-state index in [2.05, 4.69) is 94.6 Å². The molecule has 0 aliphatic carbocycles. The van der Waals surface area contributed by atoms with Gasteiger partial charge in [-0.1, -0.05) is 104 Å². The van der Waals surface area contributed by atoms with Crippen LogP contribution in [0.3, 0.4) is 0 Å². The summed E-state index contributed by atoms with van der Waals surface area (Å²) in [5, 5.41) is 3.90. The predicted molar refractivity (Wildman–Crippen MR) is 158 cm³/mol. The second kappa shape index (κ2) is 14.3. The van der Waals surface area contributed by atoms with E-state index in [0.29, 0.717) is 25.1 Å². The fraction of sp³-hybridized carbons (Fsp3) is 0.294. The molecule has 0 aliphatic rings. The van der Waals surface area contributed by atoms with Gasteiger partial charge in [-0.05, 0) is 55.5 Å². The molecular formula is C34H39N3O2. The molecule has 0 amide bonds. The van der Waals surface area contributed by atoms with Gasteiger partial charge in [0.15, 0.2) is 0 Å². The quantitative estimate of drug-likeness (QED) is 0.0841. The summed E-state index contributed by atoms with van der Waals surface area (Å²) in [6, 6.07) is 31.7. The first-order valence-corrected chi connectivity index (χ1v) is 14.0. The van der Waals surface area contributed by atoms with Gasteiger partial charge in [0, 0.05) is 18.3 Å². The lowest BCUT2D eigenvalue weighted by Crippen LogP contribution is -2.45. The van der Waals surface area contributed by atoms with Crippen LogP contribution in [-0.4, -0.2) is 28.7 Å². The van der Waals surface area contributed by atoms with Gasteiger partial charge >= 0.3 is 5.97 Å². The van der Waals surface area contributed by atoms with E-state index < -0.39 is 5.54 Å². The fourth-order valence-corrected chi connectivity index (χ4v) is 4.98. The maximum atomic E-state index is 12.8. The van der Waals surface area contributed by atoms with Crippen molar-refractivity contribution in [3.8, 4) is 0 Å². The number of unbranched alkanes of at least 4 members (excludes halogenated alkanes) is 1. The molecular weight excluding hydrogens is 482 g/mol. The van der Waals surface area contributed by atoms with Gasteiger partial charge in [0.1, 0.15) is 0 Å². The van der Waals surface area contributed by atoms with Crippen molar-refractivity contribution in [2.24, 2.45) is 0 Å². The third kappa shape index (κ3) is 7.12. The van der Waals surface area contributed by atoms with E-state index >= 15 is 0 Å². The van der Waals surface area contributed by atoms with Gasteiger partial charge in [0.2, 0.25) is 0 Å². The summed E-state index contributed by atoms with van der Waals surface area (Å²) >= 11 is 0. The first-order valence-electron chi connectivity index (χ1n) is 14.0. The molecule has 1 heterocycles. The molecule has 0 atom stereocenters. The van der Waals surface area contributed by atoms with Gasteiger partial charge in [-0.2, -0.15) is 0 Å². The predicted octanol–water partition coefficient (Wildman–Crippen LogP) is 6.99. The molecule has 5 nitrogen and oxygen atoms in total. The Morgan fingerprint density at radius 2 is 1.44 bits per heavy atom. The third-order valence-electron chi connectivity index (χ3n) is 6.92. The van der Waals surface area contributed by atoms with E-state index in [0.717, 1.165) is 31.5 Å². The van der Waals surface area contributed by atoms with Gasteiger partial charge in [0.05, 0.1) is 24.2 Å². The van der Waals surface area contributed by atoms with Gasteiger partial charge in [-0.25, -0.2) is 9.78 Å². The van der Waals surface area contributed by atoms with Gasteiger partial charge in [-0.3, -0.25) is 5.32 Å². The van der Waals surface area contributed by atoms with Gasteiger partial charge < -0.3 is 9.30 Å². The lowest BCUT2D eigenvalue weighted by Gasteiger charge is -2.37. The lowest BCUT2D eigenvalue weighted by atomic mass is 9.77. The standard InChI is InChI=1S/C34H39N3O2/c1-3-5-24-37-26-32(35-27-37)25-28(33(38)39-4-2)16-15-23-36-34(29-17-9-6-10-18-29,30-19-11-7-12-20-30)31-21-13-8-14-22-31/h6-14,17-22,25-27,36H,3-5,15-16,23-24H2,1-2H3. The molecule has 0 saturated carbocycles. The van der Waals surface area contributed by atoms with E-state index in [1.165, 1.54) is 16.7 Å². The van der Waals surface area contributed by atoms with Crippen molar-refractivity contribution in [2.45, 2.75) is 51.6 Å². The van der Waals surface area contributed by atoms with Crippen LogP contribution in [0, 0.1) is 0 Å². The van der Waals surface area contributed by atoms with Crippen LogP contribution in [-0.2, 0) is 21.6 Å². The van der Waals surface area contributed by atoms with Crippen molar-refractivity contribution in [3.05, 3.63) is 131 Å². The summed E-state index contributed by atoms with van der Waals surface area (Å²) < 4.78 is 7.47. The van der Waals surface area contributed by atoms with Crippen LogP contribution in [0.15, 0.2) is 109 Å². The van der Waals surface area contributed by atoms with E-state index in [1.807, 2.05) is 43.7 Å². The van der Waals surface area contributed by atoms with Crippen LogP contribution in [0.4, 0.5) is 0 Å². The van der Waals surface area contributed by atoms with Crippen molar-refractivity contribution < 1.29 is 9.53 Å². The molecule has 202 valence electrons. The van der Waals surface area contributed by atoms with E-state index in [1.54, 1.807) is 0 Å². The van der Waals surface area contributed by atoms with Crippen LogP contribution in [0.25, 0.3) is 6.08 Å². The summed E-state index contributed by atoms with van der Waals surface area (Å²) in [5.74, 6) is -0.277. The summed E-state index contributed by atoms with van der Waals surface area (Å²) in [6.45, 7) is 5.98. The SMILES string of the molecule is CCCCn1cnc(C=C(CCCNC(c2ccccc2)(c2ccccc2)c2ccccc2)C(=O)OCC)c1. The molecule has 0 unspecified atom stereocenters. The van der Waals surface area contributed by atoms with E-state index in [4.69, 9.17) is 4.74 Å². The number of rotatable bonds is 14. The zero-order chi connectivity index (χ0) is 27.3. The van der Waals surface area contributed by atoms with Crippen LogP contribution in [0.2, 0.25) is 0 Å². The molecule has 0 radical (unpaired) electrons. The molecule has 5 heteroatoms. The number of aromatic nitrogens is 2. The van der Waals surface area contributed by atoms with Gasteiger partial charge in [-0.15, -0.1) is 0 Å². The average molecular weight is 522 g/mol. The van der Waals surface area contributed by atoms with E-state index in [-0.39, 0.29) is 5.97 Å². The summed E-state index contributed by atoms with van der Waals surface area (Å²) in [5.41, 5.74) is 4.40. The van der Waals surface area contributed by atoms with Crippen molar-refractivity contribution >= 4 is 12.0 Å². The minimum Gasteiger partial charge on any atom is -0.463 e. The number of carbonyl (C=O) groups excluding carboxylic acids is 1. The minimum atomic E-state index is -0.532. The van der Waals surface area contributed by atoms with Crippen LogP contribution in [0.5, 0.6) is 0 Å². The molecule has 4 aromatic rings. The summed E-state index contributed by atoms with van der Waals surface area (Å²) in [4.78, 5) is 17.3. The first-order chi connectivity index (χ1) is 19.2. The molecule has 0 bridgehead atoms. The molecule has 0 fully saturated rings. The number of imidazole rings is 1. The second-order valence-corrected chi connectivity index (χ2v) is 9.66. The highest BCUT2D eigenvalue weighted by Crippen LogP contribution is 2.36. The number of carbonyl (C=O) groups is 1. The lowest BCUT2D eigenvalue weighted by molar-refractivity contribution is -0.138. The average Bonchev–Trinajstić information content (AvgIpc) is 3.44. The maximum Gasteiger partial charge on any atom is 0.334 e. The highest BCUT2D eigenvalue weighted by Gasteiger charge is 2.35. The zero-order valence-corrected chi connectivity index (χ0v) is 23.1. The Hall–Kier alpha value is -3.96.